The fourth-order valence-corrected chi connectivity index (χ4v) is 2.81. The smallest absolute Gasteiger partial charge is 0.0689 e. The van der Waals surface area contributed by atoms with Crippen molar-refractivity contribution in [3.63, 3.8) is 0 Å². The average molecular weight is 231 g/mol. The number of aromatic nitrogens is 2. The molecule has 2 rings (SSSR count). The van der Waals surface area contributed by atoms with Gasteiger partial charge in [-0.15, -0.1) is 0 Å². The van der Waals surface area contributed by atoms with Gasteiger partial charge >= 0.3 is 0 Å². The molecule has 0 radical (unpaired) electrons. The fourth-order valence-electron chi connectivity index (χ4n) is 2.81. The van der Waals surface area contributed by atoms with Gasteiger partial charge in [-0.25, -0.2) is 0 Å². The summed E-state index contributed by atoms with van der Waals surface area (Å²) >= 11 is 0. The molecule has 1 aromatic rings. The number of nitrogens with zero attached hydrogens (tertiary/aromatic N) is 3. The Morgan fingerprint density at radius 2 is 2.06 bits per heavy atom. The fraction of sp³-hybridized carbons (Fsp3) is 0.714. The summed E-state index contributed by atoms with van der Waals surface area (Å²) in [5.74, 6) is 0. The SMILES string of the molecule is Cn1cc(CCC2(C#N)CCCCCC2)cn1. The molecule has 1 aliphatic rings. The van der Waals surface area contributed by atoms with E-state index in [0.29, 0.717) is 0 Å². The van der Waals surface area contributed by atoms with Crippen molar-refractivity contribution in [2.45, 2.75) is 51.4 Å². The lowest BCUT2D eigenvalue weighted by Gasteiger charge is -2.24. The highest BCUT2D eigenvalue weighted by Crippen LogP contribution is 2.38. The first-order chi connectivity index (χ1) is 8.24. The van der Waals surface area contributed by atoms with E-state index >= 15 is 0 Å². The molecule has 92 valence electrons. The minimum atomic E-state index is -0.0632. The lowest BCUT2D eigenvalue weighted by Crippen LogP contribution is -2.18. The number of nitriles is 1. The summed E-state index contributed by atoms with van der Waals surface area (Å²) in [6.45, 7) is 0. The van der Waals surface area contributed by atoms with E-state index in [1.807, 2.05) is 17.9 Å². The molecular weight excluding hydrogens is 210 g/mol. The zero-order chi connectivity index (χ0) is 12.1. The van der Waals surface area contributed by atoms with Gasteiger partial charge in [0, 0.05) is 13.2 Å². The Hall–Kier alpha value is -1.30. The quantitative estimate of drug-likeness (QED) is 0.749. The van der Waals surface area contributed by atoms with Crippen LogP contribution >= 0.6 is 0 Å². The molecule has 0 atom stereocenters. The van der Waals surface area contributed by atoms with Crippen molar-refractivity contribution in [2.75, 3.05) is 0 Å². The normalized spacial score (nSPS) is 19.5. The lowest BCUT2D eigenvalue weighted by molar-refractivity contribution is 0.315. The summed E-state index contributed by atoms with van der Waals surface area (Å²) < 4.78 is 1.83. The first kappa shape index (κ1) is 12.2. The van der Waals surface area contributed by atoms with Crippen LogP contribution in [0.1, 0.15) is 50.5 Å². The minimum Gasteiger partial charge on any atom is -0.276 e. The number of hydrogen-bond acceptors (Lipinski definition) is 2. The van der Waals surface area contributed by atoms with Gasteiger partial charge in [-0.3, -0.25) is 4.68 Å². The van der Waals surface area contributed by atoms with Gasteiger partial charge in [-0.05, 0) is 31.2 Å². The first-order valence-corrected chi connectivity index (χ1v) is 6.63. The minimum absolute atomic E-state index is 0.0632. The molecule has 1 aliphatic carbocycles. The Kier molecular flexibility index (Phi) is 3.83. The molecule has 1 saturated carbocycles. The average Bonchev–Trinajstić information content (AvgIpc) is 2.63. The zero-order valence-electron chi connectivity index (χ0n) is 10.7. The Bertz CT molecular complexity index is 392. The van der Waals surface area contributed by atoms with Gasteiger partial charge in [0.1, 0.15) is 0 Å². The van der Waals surface area contributed by atoms with Gasteiger partial charge in [0.15, 0.2) is 0 Å². The molecule has 0 spiro atoms. The highest BCUT2D eigenvalue weighted by atomic mass is 15.2. The second-order valence-electron chi connectivity index (χ2n) is 5.33. The molecule has 1 fully saturated rings. The summed E-state index contributed by atoms with van der Waals surface area (Å²) in [6.07, 6.45) is 13.2. The summed E-state index contributed by atoms with van der Waals surface area (Å²) in [6, 6.07) is 2.61. The standard InChI is InChI=1S/C14H21N3/c1-17-11-13(10-16-17)6-9-14(12-15)7-4-2-3-5-8-14/h10-11H,2-9H2,1H3. The molecule has 0 N–H and O–H groups in total. The summed E-state index contributed by atoms with van der Waals surface area (Å²) in [5, 5.41) is 13.7. The topological polar surface area (TPSA) is 41.6 Å². The van der Waals surface area contributed by atoms with Crippen LogP contribution in [0.15, 0.2) is 12.4 Å². The van der Waals surface area contributed by atoms with Crippen LogP contribution in [0.4, 0.5) is 0 Å². The maximum atomic E-state index is 9.48. The Morgan fingerprint density at radius 1 is 1.35 bits per heavy atom. The number of aryl methyl sites for hydroxylation is 2. The van der Waals surface area contributed by atoms with Crippen molar-refractivity contribution in [1.82, 2.24) is 9.78 Å². The monoisotopic (exact) mass is 231 g/mol. The molecule has 0 amide bonds. The molecule has 17 heavy (non-hydrogen) atoms. The van der Waals surface area contributed by atoms with Crippen LogP contribution in [-0.2, 0) is 13.5 Å². The third-order valence-electron chi connectivity index (χ3n) is 3.95. The van der Waals surface area contributed by atoms with Crippen LogP contribution in [-0.4, -0.2) is 9.78 Å². The Balaban J connectivity index is 1.97. The Morgan fingerprint density at radius 3 is 2.59 bits per heavy atom. The maximum Gasteiger partial charge on any atom is 0.0689 e. The molecule has 1 aromatic heterocycles. The highest BCUT2D eigenvalue weighted by Gasteiger charge is 2.30. The van der Waals surface area contributed by atoms with E-state index in [2.05, 4.69) is 17.4 Å². The van der Waals surface area contributed by atoms with Gasteiger partial charge in [0.05, 0.1) is 17.7 Å². The van der Waals surface area contributed by atoms with E-state index in [4.69, 9.17) is 0 Å². The van der Waals surface area contributed by atoms with Crippen molar-refractivity contribution in [1.29, 1.82) is 5.26 Å². The van der Waals surface area contributed by atoms with Gasteiger partial charge < -0.3 is 0 Å². The van der Waals surface area contributed by atoms with Crippen molar-refractivity contribution < 1.29 is 0 Å². The van der Waals surface area contributed by atoms with Gasteiger partial charge in [0.25, 0.3) is 0 Å². The van der Waals surface area contributed by atoms with Crippen LogP contribution in [0.2, 0.25) is 0 Å². The van der Waals surface area contributed by atoms with Crippen molar-refractivity contribution in [2.24, 2.45) is 12.5 Å². The molecule has 0 bridgehead atoms. The maximum absolute atomic E-state index is 9.48. The molecule has 0 aromatic carbocycles. The van der Waals surface area contributed by atoms with Crippen LogP contribution < -0.4 is 0 Å². The van der Waals surface area contributed by atoms with Crippen molar-refractivity contribution in [3.8, 4) is 6.07 Å². The van der Waals surface area contributed by atoms with E-state index in [1.165, 1.54) is 31.2 Å². The molecule has 0 unspecified atom stereocenters. The number of rotatable bonds is 3. The molecule has 3 nitrogen and oxygen atoms in total. The second kappa shape index (κ2) is 5.35. The van der Waals surface area contributed by atoms with E-state index in [-0.39, 0.29) is 5.41 Å². The molecular formula is C14H21N3. The Labute approximate surface area is 103 Å². The van der Waals surface area contributed by atoms with E-state index in [0.717, 1.165) is 25.7 Å². The predicted molar refractivity (Wildman–Crippen MR) is 67.3 cm³/mol. The first-order valence-electron chi connectivity index (χ1n) is 6.63. The van der Waals surface area contributed by atoms with E-state index < -0.39 is 0 Å². The highest BCUT2D eigenvalue weighted by molar-refractivity contribution is 5.08. The van der Waals surface area contributed by atoms with Gasteiger partial charge in [-0.1, -0.05) is 25.7 Å². The van der Waals surface area contributed by atoms with Crippen LogP contribution in [0.3, 0.4) is 0 Å². The second-order valence-corrected chi connectivity index (χ2v) is 5.33. The van der Waals surface area contributed by atoms with Crippen LogP contribution in [0.5, 0.6) is 0 Å². The molecule has 1 heterocycles. The van der Waals surface area contributed by atoms with Gasteiger partial charge in [0.2, 0.25) is 0 Å². The molecule has 0 saturated heterocycles. The summed E-state index contributed by atoms with van der Waals surface area (Å²) in [4.78, 5) is 0. The van der Waals surface area contributed by atoms with Crippen LogP contribution in [0.25, 0.3) is 0 Å². The van der Waals surface area contributed by atoms with Gasteiger partial charge in [-0.2, -0.15) is 10.4 Å². The van der Waals surface area contributed by atoms with Crippen molar-refractivity contribution >= 4 is 0 Å². The largest absolute Gasteiger partial charge is 0.276 e. The van der Waals surface area contributed by atoms with Crippen LogP contribution in [0, 0.1) is 16.7 Å². The zero-order valence-corrected chi connectivity index (χ0v) is 10.7. The summed E-state index contributed by atoms with van der Waals surface area (Å²) in [5.41, 5.74) is 1.19. The van der Waals surface area contributed by atoms with E-state index in [9.17, 15) is 5.26 Å². The third-order valence-corrected chi connectivity index (χ3v) is 3.95. The lowest BCUT2D eigenvalue weighted by atomic mass is 9.77. The molecule has 0 aliphatic heterocycles. The summed E-state index contributed by atoms with van der Waals surface area (Å²) in [7, 11) is 1.94. The predicted octanol–water partition coefficient (Wildman–Crippen LogP) is 3.22. The number of hydrogen-bond donors (Lipinski definition) is 0. The molecule has 3 heteroatoms. The van der Waals surface area contributed by atoms with E-state index in [1.54, 1.807) is 0 Å². The van der Waals surface area contributed by atoms with Crippen molar-refractivity contribution in [3.05, 3.63) is 18.0 Å². The third kappa shape index (κ3) is 3.09.